The van der Waals surface area contributed by atoms with Crippen LogP contribution in [0.25, 0.3) is 87.7 Å². The minimum Gasteiger partial charge on any atom is -0.455 e. The molecule has 0 radical (unpaired) electrons. The molecule has 0 N–H and O–H groups in total. The monoisotopic (exact) mass is 677 g/mol. The van der Waals surface area contributed by atoms with Gasteiger partial charge < -0.3 is 13.7 Å². The molecule has 0 aliphatic rings. The first kappa shape index (κ1) is 29.6. The van der Waals surface area contributed by atoms with Gasteiger partial charge in [-0.15, -0.1) is 0 Å². The Kier molecular flexibility index (Phi) is 6.55. The molecule has 53 heavy (non-hydrogen) atoms. The van der Waals surface area contributed by atoms with Crippen LogP contribution < -0.4 is 4.90 Å². The highest BCUT2D eigenvalue weighted by Gasteiger charge is 2.26. The maximum absolute atomic E-state index is 6.82. The molecule has 0 saturated carbocycles. The Balaban J connectivity index is 1.28. The SMILES string of the molecule is c1ccc(-c2cccc3c2oc2cccc(N(c4cccc5c4ccc4ccccc45)c4ccc(-c5ccccc5)c5oc6ccccc6c45)c23)cc1. The molecule has 0 unspecified atom stereocenters. The molecule has 0 spiro atoms. The van der Waals surface area contributed by atoms with Gasteiger partial charge in [-0.05, 0) is 63.7 Å². The van der Waals surface area contributed by atoms with Crippen molar-refractivity contribution in [1.82, 2.24) is 0 Å². The van der Waals surface area contributed by atoms with E-state index in [4.69, 9.17) is 8.83 Å². The van der Waals surface area contributed by atoms with Gasteiger partial charge in [0.15, 0.2) is 0 Å². The van der Waals surface area contributed by atoms with Crippen LogP contribution in [-0.2, 0) is 0 Å². The lowest BCUT2D eigenvalue weighted by Crippen LogP contribution is -2.11. The zero-order valence-electron chi connectivity index (χ0n) is 28.7. The summed E-state index contributed by atoms with van der Waals surface area (Å²) in [5.41, 5.74) is 11.0. The minimum atomic E-state index is 0.839. The standard InChI is InChI=1S/C50H31NO2/c1-3-14-32(15-4-1)36-21-11-23-41-47-43(25-13-27-46(47)53-49(36)41)51(42-24-12-22-38-35-19-8-7-18-34(35)28-29-39(38)42)44-31-30-37(33-16-5-2-6-17-33)50-48(44)40-20-9-10-26-45(40)52-50/h1-31H. The van der Waals surface area contributed by atoms with Gasteiger partial charge in [0, 0.05) is 27.3 Å². The van der Waals surface area contributed by atoms with E-state index in [0.29, 0.717) is 0 Å². The van der Waals surface area contributed by atoms with Crippen molar-refractivity contribution in [3.8, 4) is 22.3 Å². The zero-order chi connectivity index (χ0) is 34.9. The minimum absolute atomic E-state index is 0.839. The first-order valence-electron chi connectivity index (χ1n) is 18.0. The lowest BCUT2D eigenvalue weighted by molar-refractivity contribution is 0.670. The van der Waals surface area contributed by atoms with Crippen LogP contribution in [0.1, 0.15) is 0 Å². The third kappa shape index (κ3) is 4.54. The number of hydrogen-bond acceptors (Lipinski definition) is 3. The van der Waals surface area contributed by atoms with Crippen LogP contribution in [0.3, 0.4) is 0 Å². The summed E-state index contributed by atoms with van der Waals surface area (Å²) in [5, 5.41) is 9.08. The van der Waals surface area contributed by atoms with E-state index in [-0.39, 0.29) is 0 Å². The Bertz CT molecular complexity index is 3170. The van der Waals surface area contributed by atoms with Gasteiger partial charge >= 0.3 is 0 Å². The zero-order valence-corrected chi connectivity index (χ0v) is 28.7. The number of anilines is 3. The average molecular weight is 678 g/mol. The van der Waals surface area contributed by atoms with E-state index in [1.54, 1.807) is 0 Å². The molecule has 11 rings (SSSR count). The van der Waals surface area contributed by atoms with E-state index < -0.39 is 0 Å². The van der Waals surface area contributed by atoms with Gasteiger partial charge in [-0.2, -0.15) is 0 Å². The first-order valence-corrected chi connectivity index (χ1v) is 18.0. The Labute approximate surface area is 305 Å². The number of para-hydroxylation sites is 2. The molecule has 3 nitrogen and oxygen atoms in total. The van der Waals surface area contributed by atoms with E-state index in [0.717, 1.165) is 88.6 Å². The van der Waals surface area contributed by atoms with E-state index in [1.807, 2.05) is 6.07 Å². The highest BCUT2D eigenvalue weighted by molar-refractivity contribution is 6.22. The Hall–Kier alpha value is -7.10. The Morgan fingerprint density at radius 2 is 0.887 bits per heavy atom. The predicted molar refractivity (Wildman–Crippen MR) is 222 cm³/mol. The van der Waals surface area contributed by atoms with Gasteiger partial charge in [0.25, 0.3) is 0 Å². The second-order valence-corrected chi connectivity index (χ2v) is 13.6. The maximum Gasteiger partial charge on any atom is 0.145 e. The molecule has 0 bridgehead atoms. The van der Waals surface area contributed by atoms with Crippen LogP contribution in [0.15, 0.2) is 197 Å². The molecule has 0 aliphatic heterocycles. The Morgan fingerprint density at radius 3 is 1.72 bits per heavy atom. The molecule has 2 aromatic heterocycles. The molecule has 0 atom stereocenters. The third-order valence-corrected chi connectivity index (χ3v) is 10.7. The van der Waals surface area contributed by atoms with E-state index in [2.05, 4.69) is 187 Å². The summed E-state index contributed by atoms with van der Waals surface area (Å²) in [4.78, 5) is 2.43. The van der Waals surface area contributed by atoms with Crippen LogP contribution in [0.2, 0.25) is 0 Å². The van der Waals surface area contributed by atoms with Crippen molar-refractivity contribution < 1.29 is 8.83 Å². The van der Waals surface area contributed by atoms with Gasteiger partial charge in [0.1, 0.15) is 22.3 Å². The fourth-order valence-corrected chi connectivity index (χ4v) is 8.31. The van der Waals surface area contributed by atoms with Gasteiger partial charge in [-0.3, -0.25) is 0 Å². The second-order valence-electron chi connectivity index (χ2n) is 13.6. The molecule has 2 heterocycles. The molecular weight excluding hydrogens is 647 g/mol. The van der Waals surface area contributed by atoms with Crippen LogP contribution in [0.5, 0.6) is 0 Å². The third-order valence-electron chi connectivity index (χ3n) is 10.7. The van der Waals surface area contributed by atoms with Crippen molar-refractivity contribution in [2.75, 3.05) is 4.90 Å². The molecule has 0 fully saturated rings. The lowest BCUT2D eigenvalue weighted by atomic mass is 9.97. The number of benzene rings is 9. The molecular formula is C50H31NO2. The van der Waals surface area contributed by atoms with Crippen LogP contribution in [-0.4, -0.2) is 0 Å². The van der Waals surface area contributed by atoms with Crippen molar-refractivity contribution in [3.05, 3.63) is 188 Å². The molecule has 0 saturated heterocycles. The highest BCUT2D eigenvalue weighted by atomic mass is 16.3. The number of hydrogen-bond donors (Lipinski definition) is 0. The van der Waals surface area contributed by atoms with Gasteiger partial charge in [0.2, 0.25) is 0 Å². The van der Waals surface area contributed by atoms with Crippen LogP contribution in [0.4, 0.5) is 17.1 Å². The van der Waals surface area contributed by atoms with E-state index in [9.17, 15) is 0 Å². The average Bonchev–Trinajstić information content (AvgIpc) is 3.81. The summed E-state index contributed by atoms with van der Waals surface area (Å²) in [6.07, 6.45) is 0. The second kappa shape index (κ2) is 11.7. The van der Waals surface area contributed by atoms with Crippen molar-refractivity contribution in [1.29, 1.82) is 0 Å². The maximum atomic E-state index is 6.82. The van der Waals surface area contributed by atoms with Crippen LogP contribution >= 0.6 is 0 Å². The molecule has 248 valence electrons. The smallest absolute Gasteiger partial charge is 0.145 e. The first-order chi connectivity index (χ1) is 26.3. The largest absolute Gasteiger partial charge is 0.455 e. The normalized spacial score (nSPS) is 11.8. The molecule has 3 heteroatoms. The molecule has 0 aliphatic carbocycles. The summed E-state index contributed by atoms with van der Waals surface area (Å²) in [6, 6.07) is 66.6. The fourth-order valence-electron chi connectivity index (χ4n) is 8.31. The fraction of sp³-hybridized carbons (Fsp3) is 0. The summed E-state index contributed by atoms with van der Waals surface area (Å²) < 4.78 is 13.6. The van der Waals surface area contributed by atoms with Gasteiger partial charge in [0.05, 0.1) is 27.8 Å². The van der Waals surface area contributed by atoms with Gasteiger partial charge in [-0.25, -0.2) is 0 Å². The van der Waals surface area contributed by atoms with Gasteiger partial charge in [-0.1, -0.05) is 152 Å². The number of nitrogens with zero attached hydrogens (tertiary/aromatic N) is 1. The van der Waals surface area contributed by atoms with Crippen molar-refractivity contribution >= 4 is 82.5 Å². The van der Waals surface area contributed by atoms with Crippen LogP contribution in [0, 0.1) is 0 Å². The summed E-state index contributed by atoms with van der Waals surface area (Å²) in [7, 11) is 0. The number of furan rings is 2. The quantitative estimate of drug-likeness (QED) is 0.170. The van der Waals surface area contributed by atoms with E-state index in [1.165, 1.54) is 16.2 Å². The summed E-state index contributed by atoms with van der Waals surface area (Å²) in [5.74, 6) is 0. The molecule has 9 aromatic carbocycles. The summed E-state index contributed by atoms with van der Waals surface area (Å²) in [6.45, 7) is 0. The molecule has 11 aromatic rings. The highest BCUT2D eigenvalue weighted by Crippen LogP contribution is 2.51. The predicted octanol–water partition coefficient (Wildman–Crippen LogP) is 14.6. The number of rotatable bonds is 5. The van der Waals surface area contributed by atoms with E-state index >= 15 is 0 Å². The van der Waals surface area contributed by atoms with Crippen molar-refractivity contribution in [3.63, 3.8) is 0 Å². The Morgan fingerprint density at radius 1 is 0.302 bits per heavy atom. The summed E-state index contributed by atoms with van der Waals surface area (Å²) >= 11 is 0. The topological polar surface area (TPSA) is 29.5 Å². The van der Waals surface area contributed by atoms with Crippen molar-refractivity contribution in [2.24, 2.45) is 0 Å². The van der Waals surface area contributed by atoms with Crippen molar-refractivity contribution in [2.45, 2.75) is 0 Å². The molecule has 0 amide bonds. The number of fused-ring (bicyclic) bond motifs is 9. The lowest BCUT2D eigenvalue weighted by Gasteiger charge is -2.28.